The molecule has 2 aliphatic carbocycles. The molecule has 3 aromatic carbocycles. The van der Waals surface area contributed by atoms with Crippen LogP contribution in [0.2, 0.25) is 5.02 Å². The molecule has 0 heterocycles. The minimum Gasteiger partial charge on any atom is -0.508 e. The van der Waals surface area contributed by atoms with Gasteiger partial charge in [-0.25, -0.2) is 9.59 Å². The number of carbonyl (C=O) groups is 3. The van der Waals surface area contributed by atoms with E-state index in [4.69, 9.17) is 21.1 Å². The van der Waals surface area contributed by atoms with E-state index in [0.29, 0.717) is 17.6 Å². The number of hydrogen-bond donors (Lipinski definition) is 1. The molecule has 0 aliphatic heterocycles. The summed E-state index contributed by atoms with van der Waals surface area (Å²) in [7, 11) is 0. The van der Waals surface area contributed by atoms with Crippen LogP contribution in [0.25, 0.3) is 10.8 Å². The number of fused-ring (bicyclic) bond motifs is 2. The number of hydrogen-bond acceptors (Lipinski definition) is 6. The van der Waals surface area contributed by atoms with E-state index in [1.165, 1.54) is 24.3 Å². The standard InChI is InChI=1S/C29H21ClO6/c1-16-10-21(12-19-5-7-23(32)14-25(16)19)29(34)36-27-9-8-24(15-26(27)30)35-28(33)20-3-2-18-13-22(31)6-4-17(18)11-20/h2-13,15-16,25,31H,14H2,1H3. The molecular formula is C29H21ClO6. The highest BCUT2D eigenvalue weighted by atomic mass is 35.5. The average Bonchev–Trinajstić information content (AvgIpc) is 2.85. The summed E-state index contributed by atoms with van der Waals surface area (Å²) in [6.45, 7) is 1.97. The van der Waals surface area contributed by atoms with E-state index in [0.717, 1.165) is 16.3 Å². The summed E-state index contributed by atoms with van der Waals surface area (Å²) < 4.78 is 10.9. The summed E-state index contributed by atoms with van der Waals surface area (Å²) in [6, 6.07) is 14.2. The lowest BCUT2D eigenvalue weighted by Crippen LogP contribution is -2.24. The van der Waals surface area contributed by atoms with Crippen LogP contribution < -0.4 is 9.47 Å². The molecule has 1 N–H and O–H groups in total. The Morgan fingerprint density at radius 2 is 1.72 bits per heavy atom. The minimum atomic E-state index is -0.577. The van der Waals surface area contributed by atoms with Crippen molar-refractivity contribution in [2.24, 2.45) is 11.8 Å². The summed E-state index contributed by atoms with van der Waals surface area (Å²) in [4.78, 5) is 37.1. The number of benzene rings is 3. The lowest BCUT2D eigenvalue weighted by atomic mass is 9.75. The minimum absolute atomic E-state index is 0.0134. The number of phenolic OH excluding ortho intramolecular Hbond substituents is 1. The number of esters is 2. The highest BCUT2D eigenvalue weighted by Crippen LogP contribution is 2.36. The van der Waals surface area contributed by atoms with Gasteiger partial charge in [-0.1, -0.05) is 42.8 Å². The summed E-state index contributed by atoms with van der Waals surface area (Å²) in [5, 5.41) is 11.3. The van der Waals surface area contributed by atoms with Gasteiger partial charge in [0.05, 0.1) is 16.2 Å². The second kappa shape index (κ2) is 9.47. The Morgan fingerprint density at radius 1 is 0.944 bits per heavy atom. The Bertz CT molecular complexity index is 1510. The van der Waals surface area contributed by atoms with E-state index in [9.17, 15) is 19.5 Å². The van der Waals surface area contributed by atoms with Crippen molar-refractivity contribution in [1.29, 1.82) is 0 Å². The fourth-order valence-electron chi connectivity index (χ4n) is 4.43. The zero-order valence-corrected chi connectivity index (χ0v) is 20.0. The van der Waals surface area contributed by atoms with Crippen LogP contribution in [0, 0.1) is 11.8 Å². The van der Waals surface area contributed by atoms with E-state index in [1.807, 2.05) is 6.92 Å². The molecule has 3 aromatic rings. The quantitative estimate of drug-likeness (QED) is 0.350. The van der Waals surface area contributed by atoms with Gasteiger partial charge in [0.15, 0.2) is 5.78 Å². The first-order valence-electron chi connectivity index (χ1n) is 11.4. The summed E-state index contributed by atoms with van der Waals surface area (Å²) in [5.74, 6) is -0.508. The van der Waals surface area contributed by atoms with Crippen molar-refractivity contribution in [3.8, 4) is 17.2 Å². The lowest BCUT2D eigenvalue weighted by Gasteiger charge is -2.28. The topological polar surface area (TPSA) is 89.9 Å². The first-order valence-corrected chi connectivity index (χ1v) is 11.8. The first kappa shape index (κ1) is 23.6. The van der Waals surface area contributed by atoms with Crippen LogP contribution in [0.5, 0.6) is 17.2 Å². The number of halogens is 1. The second-order valence-electron chi connectivity index (χ2n) is 8.85. The smallest absolute Gasteiger partial charge is 0.343 e. The van der Waals surface area contributed by atoms with Gasteiger partial charge in [0.25, 0.3) is 0 Å². The SMILES string of the molecule is CC1C=C(C(=O)Oc2ccc(OC(=O)c3ccc4cc(O)ccc4c3)cc2Cl)C=C2C=CC(=O)CC21. The molecule has 0 aromatic heterocycles. The fraction of sp³-hybridized carbons (Fsp3) is 0.138. The van der Waals surface area contributed by atoms with Crippen molar-refractivity contribution in [2.45, 2.75) is 13.3 Å². The van der Waals surface area contributed by atoms with Crippen LogP contribution in [0.4, 0.5) is 0 Å². The van der Waals surface area contributed by atoms with Crippen LogP contribution in [0.3, 0.4) is 0 Å². The normalized spacial score (nSPS) is 18.8. The third-order valence-corrected chi connectivity index (χ3v) is 6.62. The van der Waals surface area contributed by atoms with Gasteiger partial charge >= 0.3 is 11.9 Å². The molecule has 0 spiro atoms. The van der Waals surface area contributed by atoms with Gasteiger partial charge in [-0.15, -0.1) is 0 Å². The maximum atomic E-state index is 12.8. The second-order valence-corrected chi connectivity index (χ2v) is 9.26. The molecule has 2 aliphatic rings. The lowest BCUT2D eigenvalue weighted by molar-refractivity contribution is -0.129. The molecule has 0 bridgehead atoms. The highest BCUT2D eigenvalue weighted by molar-refractivity contribution is 6.32. The van der Waals surface area contributed by atoms with Gasteiger partial charge in [0, 0.05) is 12.5 Å². The molecule has 6 nitrogen and oxygen atoms in total. The zero-order valence-electron chi connectivity index (χ0n) is 19.2. The maximum Gasteiger partial charge on any atom is 0.343 e. The molecule has 0 amide bonds. The van der Waals surface area contributed by atoms with Crippen LogP contribution >= 0.6 is 11.6 Å². The van der Waals surface area contributed by atoms with E-state index in [-0.39, 0.29) is 39.9 Å². The van der Waals surface area contributed by atoms with E-state index < -0.39 is 11.9 Å². The molecule has 2 unspecified atom stereocenters. The van der Waals surface area contributed by atoms with E-state index in [2.05, 4.69) is 0 Å². The van der Waals surface area contributed by atoms with Crippen molar-refractivity contribution in [2.75, 3.05) is 0 Å². The molecule has 7 heteroatoms. The third-order valence-electron chi connectivity index (χ3n) is 6.32. The van der Waals surface area contributed by atoms with Gasteiger partial charge in [-0.3, -0.25) is 4.79 Å². The van der Waals surface area contributed by atoms with Gasteiger partial charge in [0.1, 0.15) is 17.2 Å². The van der Waals surface area contributed by atoms with Crippen molar-refractivity contribution in [1.82, 2.24) is 0 Å². The fourth-order valence-corrected chi connectivity index (χ4v) is 4.64. The number of ketones is 1. The van der Waals surface area contributed by atoms with E-state index >= 15 is 0 Å². The molecule has 5 rings (SSSR count). The molecule has 0 fully saturated rings. The van der Waals surface area contributed by atoms with Crippen molar-refractivity contribution < 1.29 is 29.0 Å². The summed E-state index contributed by atoms with van der Waals surface area (Å²) in [5.41, 5.74) is 1.65. The van der Waals surface area contributed by atoms with Crippen molar-refractivity contribution >= 4 is 40.1 Å². The van der Waals surface area contributed by atoms with Gasteiger partial charge in [-0.2, -0.15) is 0 Å². The number of allylic oxidation sites excluding steroid dienone is 4. The summed E-state index contributed by atoms with van der Waals surface area (Å²) in [6.07, 6.45) is 7.26. The molecule has 180 valence electrons. The molecule has 0 saturated heterocycles. The Kier molecular flexibility index (Phi) is 6.20. The van der Waals surface area contributed by atoms with Crippen LogP contribution in [0.15, 0.2) is 90.0 Å². The number of rotatable bonds is 4. The summed E-state index contributed by atoms with van der Waals surface area (Å²) >= 11 is 6.31. The molecule has 2 atom stereocenters. The largest absolute Gasteiger partial charge is 0.508 e. The monoisotopic (exact) mass is 500 g/mol. The number of phenols is 1. The predicted molar refractivity (Wildman–Crippen MR) is 135 cm³/mol. The molecular weight excluding hydrogens is 480 g/mol. The van der Waals surface area contributed by atoms with Crippen molar-refractivity contribution in [3.05, 3.63) is 101 Å². The Hall–Kier alpha value is -4.16. The first-order chi connectivity index (χ1) is 17.3. The van der Waals surface area contributed by atoms with Gasteiger partial charge in [0.2, 0.25) is 0 Å². The molecule has 36 heavy (non-hydrogen) atoms. The number of carbonyl (C=O) groups excluding carboxylic acids is 3. The number of aromatic hydroxyl groups is 1. The Morgan fingerprint density at radius 3 is 2.53 bits per heavy atom. The maximum absolute atomic E-state index is 12.8. The Labute approximate surface area is 212 Å². The van der Waals surface area contributed by atoms with Crippen LogP contribution in [0.1, 0.15) is 23.7 Å². The molecule has 0 saturated carbocycles. The van der Waals surface area contributed by atoms with Crippen LogP contribution in [-0.2, 0) is 9.59 Å². The van der Waals surface area contributed by atoms with E-state index in [1.54, 1.807) is 54.6 Å². The van der Waals surface area contributed by atoms with Crippen molar-refractivity contribution in [3.63, 3.8) is 0 Å². The Balaban J connectivity index is 1.28. The third kappa shape index (κ3) is 4.81. The molecule has 0 radical (unpaired) electrons. The zero-order chi connectivity index (χ0) is 25.4. The van der Waals surface area contributed by atoms with Gasteiger partial charge in [-0.05, 0) is 76.7 Å². The average molecular weight is 501 g/mol. The van der Waals surface area contributed by atoms with Crippen LogP contribution in [-0.4, -0.2) is 22.8 Å². The highest BCUT2D eigenvalue weighted by Gasteiger charge is 2.29. The van der Waals surface area contributed by atoms with Gasteiger partial charge < -0.3 is 14.6 Å². The predicted octanol–water partition coefficient (Wildman–Crippen LogP) is 5.97. The number of ether oxygens (including phenoxy) is 2.